The fraction of sp³-hybridized carbons (Fsp3) is 0.200. The van der Waals surface area contributed by atoms with Crippen LogP contribution in [0.5, 0.6) is 11.5 Å². The number of rotatable bonds is 4. The van der Waals surface area contributed by atoms with Crippen LogP contribution in [0.2, 0.25) is 0 Å². The Morgan fingerprint density at radius 2 is 1.80 bits per heavy atom. The molecule has 0 aliphatic heterocycles. The number of methoxy groups -OCH3 is 2. The smallest absolute Gasteiger partial charge is 0.256 e. The standard InChI is InChI=1S/C20H20N2O3/c1-12-5-7-17-15(9-12)16(10-13(2)21-17)20(23)22-18-8-6-14(24-3)11-19(18)25-4/h5-11H,1-4H3,(H,22,23). The molecule has 0 spiro atoms. The minimum Gasteiger partial charge on any atom is -0.497 e. The number of benzene rings is 2. The number of anilines is 1. The summed E-state index contributed by atoms with van der Waals surface area (Å²) >= 11 is 0. The third kappa shape index (κ3) is 3.40. The zero-order valence-corrected chi connectivity index (χ0v) is 14.7. The van der Waals surface area contributed by atoms with Crippen LogP contribution in [0.3, 0.4) is 0 Å². The number of carbonyl (C=O) groups is 1. The second-order valence-electron chi connectivity index (χ2n) is 5.85. The molecule has 0 unspecified atom stereocenters. The lowest BCUT2D eigenvalue weighted by Gasteiger charge is -2.13. The molecule has 0 bridgehead atoms. The predicted octanol–water partition coefficient (Wildman–Crippen LogP) is 4.12. The summed E-state index contributed by atoms with van der Waals surface area (Å²) in [6, 6.07) is 13.0. The second-order valence-corrected chi connectivity index (χ2v) is 5.85. The van der Waals surface area contributed by atoms with E-state index in [0.717, 1.165) is 22.2 Å². The quantitative estimate of drug-likeness (QED) is 0.778. The number of fused-ring (bicyclic) bond motifs is 1. The van der Waals surface area contributed by atoms with Gasteiger partial charge in [-0.25, -0.2) is 0 Å². The van der Waals surface area contributed by atoms with Gasteiger partial charge in [-0.05, 0) is 44.2 Å². The lowest BCUT2D eigenvalue weighted by atomic mass is 10.0. The molecule has 25 heavy (non-hydrogen) atoms. The largest absolute Gasteiger partial charge is 0.497 e. The van der Waals surface area contributed by atoms with Crippen molar-refractivity contribution in [1.29, 1.82) is 0 Å². The molecule has 0 saturated heterocycles. The molecule has 5 nitrogen and oxygen atoms in total. The number of pyridine rings is 1. The van der Waals surface area contributed by atoms with Gasteiger partial charge in [0.05, 0.1) is 31.0 Å². The number of nitrogens with one attached hydrogen (secondary N) is 1. The Hall–Kier alpha value is -3.08. The van der Waals surface area contributed by atoms with Gasteiger partial charge in [0.1, 0.15) is 11.5 Å². The Labute approximate surface area is 146 Å². The normalized spacial score (nSPS) is 10.6. The first kappa shape index (κ1) is 16.8. The third-order valence-electron chi connectivity index (χ3n) is 3.99. The van der Waals surface area contributed by atoms with Crippen molar-refractivity contribution in [3.8, 4) is 11.5 Å². The van der Waals surface area contributed by atoms with Gasteiger partial charge in [-0.2, -0.15) is 0 Å². The lowest BCUT2D eigenvalue weighted by Crippen LogP contribution is -2.14. The zero-order valence-electron chi connectivity index (χ0n) is 14.7. The van der Waals surface area contributed by atoms with Gasteiger partial charge in [0.2, 0.25) is 0 Å². The molecular formula is C20H20N2O3. The molecule has 3 rings (SSSR count). The Morgan fingerprint density at radius 1 is 1.00 bits per heavy atom. The second kappa shape index (κ2) is 6.81. The zero-order chi connectivity index (χ0) is 18.0. The SMILES string of the molecule is COc1ccc(NC(=O)c2cc(C)nc3ccc(C)cc23)c(OC)c1. The minimum atomic E-state index is -0.204. The predicted molar refractivity (Wildman–Crippen MR) is 98.7 cm³/mol. The van der Waals surface area contributed by atoms with Crippen LogP contribution in [-0.2, 0) is 0 Å². The number of aryl methyl sites for hydroxylation is 2. The van der Waals surface area contributed by atoms with Crippen molar-refractivity contribution in [2.24, 2.45) is 0 Å². The summed E-state index contributed by atoms with van der Waals surface area (Å²) in [5.74, 6) is 0.999. The summed E-state index contributed by atoms with van der Waals surface area (Å²) in [5, 5.41) is 3.75. The van der Waals surface area contributed by atoms with Crippen molar-refractivity contribution in [2.45, 2.75) is 13.8 Å². The van der Waals surface area contributed by atoms with Crippen molar-refractivity contribution in [2.75, 3.05) is 19.5 Å². The van der Waals surface area contributed by atoms with Crippen LogP contribution in [0.4, 0.5) is 5.69 Å². The first-order chi connectivity index (χ1) is 12.0. The summed E-state index contributed by atoms with van der Waals surface area (Å²) < 4.78 is 10.5. The summed E-state index contributed by atoms with van der Waals surface area (Å²) in [6.07, 6.45) is 0. The van der Waals surface area contributed by atoms with Gasteiger partial charge in [0.15, 0.2) is 0 Å². The number of ether oxygens (including phenoxy) is 2. The maximum absolute atomic E-state index is 12.9. The average molecular weight is 336 g/mol. The highest BCUT2D eigenvalue weighted by molar-refractivity contribution is 6.13. The van der Waals surface area contributed by atoms with Crippen LogP contribution in [-0.4, -0.2) is 25.1 Å². The van der Waals surface area contributed by atoms with Crippen molar-refractivity contribution in [1.82, 2.24) is 4.98 Å². The molecule has 5 heteroatoms. The number of hydrogen-bond donors (Lipinski definition) is 1. The Bertz CT molecular complexity index is 951. The summed E-state index contributed by atoms with van der Waals surface area (Å²) in [6.45, 7) is 3.87. The molecule has 1 heterocycles. The molecule has 0 aliphatic rings. The molecule has 128 valence electrons. The van der Waals surface area contributed by atoms with Crippen LogP contribution in [0.15, 0.2) is 42.5 Å². The Balaban J connectivity index is 2.02. The molecule has 0 atom stereocenters. The van der Waals surface area contributed by atoms with Crippen LogP contribution in [0.1, 0.15) is 21.6 Å². The van der Waals surface area contributed by atoms with E-state index in [2.05, 4.69) is 10.3 Å². The van der Waals surface area contributed by atoms with Crippen molar-refractivity contribution in [3.63, 3.8) is 0 Å². The van der Waals surface area contributed by atoms with Crippen molar-refractivity contribution >= 4 is 22.5 Å². The number of aromatic nitrogens is 1. The van der Waals surface area contributed by atoms with Gasteiger partial charge in [-0.15, -0.1) is 0 Å². The Morgan fingerprint density at radius 3 is 2.52 bits per heavy atom. The van der Waals surface area contributed by atoms with Crippen molar-refractivity contribution < 1.29 is 14.3 Å². The van der Waals surface area contributed by atoms with E-state index in [9.17, 15) is 4.79 Å². The first-order valence-corrected chi connectivity index (χ1v) is 7.93. The van der Waals surface area contributed by atoms with E-state index >= 15 is 0 Å². The highest BCUT2D eigenvalue weighted by Gasteiger charge is 2.15. The number of carbonyl (C=O) groups excluding carboxylic acids is 1. The molecule has 1 aromatic heterocycles. The van der Waals surface area contributed by atoms with Gasteiger partial charge in [-0.1, -0.05) is 11.6 Å². The number of hydrogen-bond acceptors (Lipinski definition) is 4. The van der Waals surface area contributed by atoms with E-state index in [1.165, 1.54) is 0 Å². The third-order valence-corrected chi connectivity index (χ3v) is 3.99. The average Bonchev–Trinajstić information content (AvgIpc) is 2.61. The van der Waals surface area contributed by atoms with Crippen LogP contribution in [0.25, 0.3) is 10.9 Å². The van der Waals surface area contributed by atoms with E-state index in [1.807, 2.05) is 32.0 Å². The molecule has 2 aromatic carbocycles. The van der Waals surface area contributed by atoms with E-state index < -0.39 is 0 Å². The van der Waals surface area contributed by atoms with E-state index in [1.54, 1.807) is 38.5 Å². The van der Waals surface area contributed by atoms with Crippen LogP contribution < -0.4 is 14.8 Å². The fourth-order valence-electron chi connectivity index (χ4n) is 2.75. The van der Waals surface area contributed by atoms with E-state index in [0.29, 0.717) is 22.7 Å². The lowest BCUT2D eigenvalue weighted by molar-refractivity contribution is 0.102. The van der Waals surface area contributed by atoms with Crippen LogP contribution >= 0.6 is 0 Å². The van der Waals surface area contributed by atoms with Gasteiger partial charge >= 0.3 is 0 Å². The highest BCUT2D eigenvalue weighted by Crippen LogP contribution is 2.30. The minimum absolute atomic E-state index is 0.204. The van der Waals surface area contributed by atoms with Gasteiger partial charge in [0.25, 0.3) is 5.91 Å². The fourth-order valence-corrected chi connectivity index (χ4v) is 2.75. The molecule has 0 fully saturated rings. The maximum Gasteiger partial charge on any atom is 0.256 e. The summed E-state index contributed by atoms with van der Waals surface area (Å²) in [4.78, 5) is 17.4. The number of amides is 1. The Kier molecular flexibility index (Phi) is 4.57. The first-order valence-electron chi connectivity index (χ1n) is 7.93. The molecule has 0 radical (unpaired) electrons. The summed E-state index contributed by atoms with van der Waals surface area (Å²) in [7, 11) is 3.14. The molecule has 1 N–H and O–H groups in total. The number of nitrogens with zero attached hydrogens (tertiary/aromatic N) is 1. The molecule has 1 amide bonds. The molecule has 3 aromatic rings. The van der Waals surface area contributed by atoms with Gasteiger partial charge in [-0.3, -0.25) is 9.78 Å². The van der Waals surface area contributed by atoms with Crippen molar-refractivity contribution in [3.05, 3.63) is 59.3 Å². The van der Waals surface area contributed by atoms with Gasteiger partial charge < -0.3 is 14.8 Å². The van der Waals surface area contributed by atoms with E-state index in [4.69, 9.17) is 9.47 Å². The maximum atomic E-state index is 12.9. The molecule has 0 saturated carbocycles. The van der Waals surface area contributed by atoms with Gasteiger partial charge in [0, 0.05) is 17.1 Å². The topological polar surface area (TPSA) is 60.5 Å². The highest BCUT2D eigenvalue weighted by atomic mass is 16.5. The van der Waals surface area contributed by atoms with Crippen LogP contribution in [0, 0.1) is 13.8 Å². The van der Waals surface area contributed by atoms with E-state index in [-0.39, 0.29) is 5.91 Å². The molecule has 0 aliphatic carbocycles. The molecular weight excluding hydrogens is 316 g/mol. The summed E-state index contributed by atoms with van der Waals surface area (Å²) in [5.41, 5.74) is 3.85. The monoisotopic (exact) mass is 336 g/mol.